The summed E-state index contributed by atoms with van der Waals surface area (Å²) < 4.78 is 56.6. The van der Waals surface area contributed by atoms with Gasteiger partial charge in [-0.25, -0.2) is 9.37 Å². The first-order valence-corrected chi connectivity index (χ1v) is 5.89. The van der Waals surface area contributed by atoms with Gasteiger partial charge in [-0.1, -0.05) is 0 Å². The van der Waals surface area contributed by atoms with Gasteiger partial charge in [0.05, 0.1) is 24.6 Å². The van der Waals surface area contributed by atoms with Crippen LogP contribution in [0.1, 0.15) is 5.56 Å². The highest BCUT2D eigenvalue weighted by Crippen LogP contribution is 2.37. The Hall–Kier alpha value is -2.09. The summed E-state index contributed by atoms with van der Waals surface area (Å²) in [6.07, 6.45) is -3.52. The van der Waals surface area contributed by atoms with Crippen LogP contribution in [-0.4, -0.2) is 17.1 Å². The molecule has 9 heteroatoms. The second-order valence-corrected chi connectivity index (χ2v) is 4.21. The molecule has 112 valence electrons. The Labute approximate surface area is 121 Å². The SMILES string of the molecule is COc1cnc(Cl)nc1Nc1ccc(F)cc1C(F)(F)F. The molecule has 0 unspecified atom stereocenters. The molecule has 0 bridgehead atoms. The van der Waals surface area contributed by atoms with Crippen molar-refractivity contribution in [2.24, 2.45) is 0 Å². The van der Waals surface area contributed by atoms with Crippen LogP contribution in [0, 0.1) is 5.82 Å². The molecule has 4 nitrogen and oxygen atoms in total. The summed E-state index contributed by atoms with van der Waals surface area (Å²) in [6.45, 7) is 0. The molecule has 0 aliphatic heterocycles. The molecule has 1 N–H and O–H groups in total. The quantitative estimate of drug-likeness (QED) is 0.684. The molecule has 0 fully saturated rings. The van der Waals surface area contributed by atoms with Gasteiger partial charge in [0.1, 0.15) is 5.82 Å². The van der Waals surface area contributed by atoms with Crippen LogP contribution in [0.25, 0.3) is 0 Å². The van der Waals surface area contributed by atoms with Crippen LogP contribution in [0.5, 0.6) is 5.75 Å². The first kappa shape index (κ1) is 15.3. The standard InChI is InChI=1S/C12H8ClF4N3O/c1-21-9-5-18-11(13)20-10(9)19-8-3-2-6(14)4-7(8)12(15,16)17/h2-5H,1H3,(H,18,19,20). The third-order valence-corrected chi connectivity index (χ3v) is 2.67. The molecule has 0 atom stereocenters. The van der Waals surface area contributed by atoms with Crippen LogP contribution in [0.15, 0.2) is 24.4 Å². The second kappa shape index (κ2) is 5.72. The monoisotopic (exact) mass is 321 g/mol. The van der Waals surface area contributed by atoms with E-state index in [2.05, 4.69) is 15.3 Å². The summed E-state index contributed by atoms with van der Waals surface area (Å²) in [5.74, 6) is -0.966. The lowest BCUT2D eigenvalue weighted by atomic mass is 10.1. The molecule has 21 heavy (non-hydrogen) atoms. The van der Waals surface area contributed by atoms with Gasteiger partial charge in [0.15, 0.2) is 11.6 Å². The maximum Gasteiger partial charge on any atom is 0.418 e. The molecule has 0 amide bonds. The number of rotatable bonds is 3. The summed E-state index contributed by atoms with van der Waals surface area (Å²) in [7, 11) is 1.30. The van der Waals surface area contributed by atoms with Crippen LogP contribution in [-0.2, 0) is 6.18 Å². The molecule has 0 aliphatic rings. The Morgan fingerprint density at radius 1 is 1.29 bits per heavy atom. The lowest BCUT2D eigenvalue weighted by molar-refractivity contribution is -0.137. The number of anilines is 2. The van der Waals surface area contributed by atoms with Crippen molar-refractivity contribution in [3.8, 4) is 5.75 Å². The largest absolute Gasteiger partial charge is 0.491 e. The minimum Gasteiger partial charge on any atom is -0.491 e. The van der Waals surface area contributed by atoms with E-state index in [0.717, 1.165) is 12.1 Å². The number of methoxy groups -OCH3 is 1. The van der Waals surface area contributed by atoms with E-state index in [1.807, 2.05) is 0 Å². The average molecular weight is 322 g/mol. The molecule has 1 aromatic carbocycles. The fourth-order valence-electron chi connectivity index (χ4n) is 1.58. The molecule has 2 aromatic rings. The van der Waals surface area contributed by atoms with Gasteiger partial charge in [0.25, 0.3) is 0 Å². The van der Waals surface area contributed by atoms with Gasteiger partial charge in [-0.3, -0.25) is 0 Å². The van der Waals surface area contributed by atoms with E-state index in [-0.39, 0.29) is 22.5 Å². The number of benzene rings is 1. The van der Waals surface area contributed by atoms with Gasteiger partial charge in [-0.15, -0.1) is 0 Å². The first-order valence-electron chi connectivity index (χ1n) is 5.51. The van der Waals surface area contributed by atoms with Crippen molar-refractivity contribution >= 4 is 23.1 Å². The lowest BCUT2D eigenvalue weighted by Gasteiger charge is -2.15. The Morgan fingerprint density at radius 2 is 2.00 bits per heavy atom. The molecule has 1 aromatic heterocycles. The number of hydrogen-bond acceptors (Lipinski definition) is 4. The number of hydrogen-bond donors (Lipinski definition) is 1. The van der Waals surface area contributed by atoms with E-state index in [1.165, 1.54) is 13.3 Å². The van der Waals surface area contributed by atoms with Crippen molar-refractivity contribution in [2.45, 2.75) is 6.18 Å². The van der Waals surface area contributed by atoms with Gasteiger partial charge in [0.2, 0.25) is 5.28 Å². The van der Waals surface area contributed by atoms with Crippen LogP contribution < -0.4 is 10.1 Å². The number of aromatic nitrogens is 2. The Bertz CT molecular complexity index is 663. The van der Waals surface area contributed by atoms with E-state index in [0.29, 0.717) is 6.07 Å². The summed E-state index contributed by atoms with van der Waals surface area (Å²) in [5.41, 5.74) is -1.55. The van der Waals surface area contributed by atoms with Crippen LogP contribution in [0.3, 0.4) is 0 Å². The van der Waals surface area contributed by atoms with E-state index < -0.39 is 17.6 Å². The zero-order chi connectivity index (χ0) is 15.6. The van der Waals surface area contributed by atoms with Gasteiger partial charge >= 0.3 is 6.18 Å². The number of nitrogens with one attached hydrogen (secondary N) is 1. The normalized spacial score (nSPS) is 11.3. The summed E-state index contributed by atoms with van der Waals surface area (Å²) >= 11 is 5.59. The second-order valence-electron chi connectivity index (χ2n) is 3.87. The number of halogens is 5. The third-order valence-electron chi connectivity index (χ3n) is 2.49. The van der Waals surface area contributed by atoms with E-state index in [4.69, 9.17) is 16.3 Å². The molecule has 1 heterocycles. The number of ether oxygens (including phenoxy) is 1. The van der Waals surface area contributed by atoms with E-state index >= 15 is 0 Å². The minimum atomic E-state index is -4.73. The number of nitrogens with zero attached hydrogens (tertiary/aromatic N) is 2. The highest BCUT2D eigenvalue weighted by molar-refractivity contribution is 6.28. The number of alkyl halides is 3. The van der Waals surface area contributed by atoms with Gasteiger partial charge < -0.3 is 10.1 Å². The fraction of sp³-hybridized carbons (Fsp3) is 0.167. The zero-order valence-corrected chi connectivity index (χ0v) is 11.3. The van der Waals surface area contributed by atoms with Crippen molar-refractivity contribution in [1.82, 2.24) is 9.97 Å². The van der Waals surface area contributed by atoms with Crippen LogP contribution >= 0.6 is 11.6 Å². The van der Waals surface area contributed by atoms with E-state index in [1.54, 1.807) is 0 Å². The Balaban J connectivity index is 2.47. The molecule has 0 aliphatic carbocycles. The molecule has 0 spiro atoms. The molecular formula is C12H8ClF4N3O. The molecule has 0 saturated heterocycles. The molecular weight excluding hydrogens is 314 g/mol. The van der Waals surface area contributed by atoms with Crippen molar-refractivity contribution in [3.63, 3.8) is 0 Å². The van der Waals surface area contributed by atoms with Crippen molar-refractivity contribution in [2.75, 3.05) is 12.4 Å². The summed E-state index contributed by atoms with van der Waals surface area (Å²) in [6, 6.07) is 2.23. The molecule has 0 radical (unpaired) electrons. The maximum absolute atomic E-state index is 13.0. The Morgan fingerprint density at radius 3 is 2.62 bits per heavy atom. The smallest absolute Gasteiger partial charge is 0.418 e. The highest BCUT2D eigenvalue weighted by Gasteiger charge is 2.34. The van der Waals surface area contributed by atoms with Crippen molar-refractivity contribution < 1.29 is 22.3 Å². The van der Waals surface area contributed by atoms with Crippen molar-refractivity contribution in [1.29, 1.82) is 0 Å². The molecule has 0 saturated carbocycles. The minimum absolute atomic E-state index is 0.0605. The van der Waals surface area contributed by atoms with Gasteiger partial charge in [0, 0.05) is 0 Å². The van der Waals surface area contributed by atoms with Crippen LogP contribution in [0.2, 0.25) is 5.28 Å². The van der Waals surface area contributed by atoms with Gasteiger partial charge in [-0.2, -0.15) is 18.2 Å². The lowest BCUT2D eigenvalue weighted by Crippen LogP contribution is -2.10. The van der Waals surface area contributed by atoms with Crippen molar-refractivity contribution in [3.05, 3.63) is 41.1 Å². The van der Waals surface area contributed by atoms with Crippen LogP contribution in [0.4, 0.5) is 29.1 Å². The predicted molar refractivity (Wildman–Crippen MR) is 68.3 cm³/mol. The van der Waals surface area contributed by atoms with Gasteiger partial charge in [-0.05, 0) is 29.8 Å². The van der Waals surface area contributed by atoms with E-state index in [9.17, 15) is 17.6 Å². The predicted octanol–water partition coefficient (Wildman–Crippen LogP) is 4.04. The molecule has 2 rings (SSSR count). The summed E-state index contributed by atoms with van der Waals surface area (Å²) in [4.78, 5) is 7.39. The highest BCUT2D eigenvalue weighted by atomic mass is 35.5. The fourth-order valence-corrected chi connectivity index (χ4v) is 1.71. The zero-order valence-electron chi connectivity index (χ0n) is 10.5. The maximum atomic E-state index is 13.0. The Kier molecular flexibility index (Phi) is 4.17. The summed E-state index contributed by atoms with van der Waals surface area (Å²) in [5, 5.41) is 2.25. The third kappa shape index (κ3) is 3.52. The average Bonchev–Trinajstić information content (AvgIpc) is 2.40. The topological polar surface area (TPSA) is 47.0 Å². The first-order chi connectivity index (χ1) is 9.81.